The number of aliphatic carboxylic acids is 1. The number of carbonyl (C=O) groups is 2. The normalized spacial score (nSPS) is 11.7. The fourth-order valence-electron chi connectivity index (χ4n) is 1.96. The van der Waals surface area contributed by atoms with Gasteiger partial charge in [0.05, 0.1) is 12.5 Å². The van der Waals surface area contributed by atoms with E-state index in [0.717, 1.165) is 5.56 Å². The number of carboxylic acid groups (broad SMARTS) is 1. The lowest BCUT2D eigenvalue weighted by Gasteiger charge is -2.17. The first-order valence-electron chi connectivity index (χ1n) is 6.39. The zero-order valence-electron chi connectivity index (χ0n) is 11.1. The van der Waals surface area contributed by atoms with Crippen LogP contribution in [0.1, 0.15) is 28.4 Å². The average molecular weight is 304 g/mol. The highest BCUT2D eigenvalue weighted by Crippen LogP contribution is 2.18. The highest BCUT2D eigenvalue weighted by atomic mass is 35.5. The number of halogens is 1. The van der Waals surface area contributed by atoms with E-state index >= 15 is 0 Å². The molecule has 2 aromatic carbocycles. The van der Waals surface area contributed by atoms with Crippen LogP contribution < -0.4 is 5.32 Å². The van der Waals surface area contributed by atoms with Crippen LogP contribution in [0.3, 0.4) is 0 Å². The minimum atomic E-state index is -0.972. The minimum Gasteiger partial charge on any atom is -0.481 e. The van der Waals surface area contributed by atoms with Gasteiger partial charge in [0.2, 0.25) is 0 Å². The molecule has 1 atom stereocenters. The van der Waals surface area contributed by atoms with Gasteiger partial charge in [-0.15, -0.1) is 0 Å². The van der Waals surface area contributed by atoms with Crippen LogP contribution in [-0.2, 0) is 4.79 Å². The lowest BCUT2D eigenvalue weighted by atomic mass is 10.0. The van der Waals surface area contributed by atoms with E-state index in [1.807, 2.05) is 6.07 Å². The Morgan fingerprint density at radius 1 is 1.05 bits per heavy atom. The van der Waals surface area contributed by atoms with E-state index in [1.165, 1.54) is 0 Å². The number of carboxylic acids is 1. The fourth-order valence-corrected chi connectivity index (χ4v) is 2.08. The third-order valence-corrected chi connectivity index (χ3v) is 3.24. The average Bonchev–Trinajstić information content (AvgIpc) is 2.47. The summed E-state index contributed by atoms with van der Waals surface area (Å²) in [4.78, 5) is 23.2. The summed E-state index contributed by atoms with van der Waals surface area (Å²) in [6.07, 6.45) is -0.177. The van der Waals surface area contributed by atoms with Crippen LogP contribution in [0.15, 0.2) is 54.6 Å². The van der Waals surface area contributed by atoms with Crippen molar-refractivity contribution in [2.45, 2.75) is 12.5 Å². The van der Waals surface area contributed by atoms with E-state index in [4.69, 9.17) is 16.7 Å². The van der Waals surface area contributed by atoms with Gasteiger partial charge in [-0.1, -0.05) is 41.9 Å². The highest BCUT2D eigenvalue weighted by Gasteiger charge is 2.18. The Bertz CT molecular complexity index is 626. The number of amides is 1. The van der Waals surface area contributed by atoms with Crippen molar-refractivity contribution >= 4 is 23.5 Å². The van der Waals surface area contributed by atoms with Gasteiger partial charge in [0.1, 0.15) is 0 Å². The van der Waals surface area contributed by atoms with Crippen molar-refractivity contribution in [2.24, 2.45) is 0 Å². The van der Waals surface area contributed by atoms with Gasteiger partial charge in [0, 0.05) is 10.6 Å². The van der Waals surface area contributed by atoms with E-state index < -0.39 is 12.0 Å². The standard InChI is InChI=1S/C16H14ClNO3/c17-13-8-6-12(7-9-13)16(21)18-14(10-15(19)20)11-4-2-1-3-5-11/h1-9,14H,10H2,(H,18,21)(H,19,20). The molecule has 108 valence electrons. The second kappa shape index (κ2) is 6.90. The molecule has 0 fully saturated rings. The van der Waals surface area contributed by atoms with Crippen molar-refractivity contribution in [3.63, 3.8) is 0 Å². The number of rotatable bonds is 5. The Kier molecular flexibility index (Phi) is 4.95. The number of hydrogen-bond acceptors (Lipinski definition) is 2. The summed E-state index contributed by atoms with van der Waals surface area (Å²) in [5.41, 5.74) is 1.19. The van der Waals surface area contributed by atoms with Crippen molar-refractivity contribution in [1.82, 2.24) is 5.32 Å². The molecule has 0 spiro atoms. The van der Waals surface area contributed by atoms with Crippen LogP contribution in [0.2, 0.25) is 5.02 Å². The van der Waals surface area contributed by atoms with Crippen LogP contribution in [0, 0.1) is 0 Å². The number of hydrogen-bond donors (Lipinski definition) is 2. The first-order chi connectivity index (χ1) is 10.1. The Labute approximate surface area is 127 Å². The molecule has 0 heterocycles. The number of carbonyl (C=O) groups excluding carboxylic acids is 1. The van der Waals surface area contributed by atoms with Crippen LogP contribution in [-0.4, -0.2) is 17.0 Å². The Morgan fingerprint density at radius 3 is 2.24 bits per heavy atom. The molecular formula is C16H14ClNO3. The van der Waals surface area contributed by atoms with E-state index in [-0.39, 0.29) is 12.3 Å². The minimum absolute atomic E-state index is 0.177. The fraction of sp³-hybridized carbons (Fsp3) is 0.125. The predicted octanol–water partition coefficient (Wildman–Crippen LogP) is 3.29. The van der Waals surface area contributed by atoms with Gasteiger partial charge in [0.25, 0.3) is 5.91 Å². The summed E-state index contributed by atoms with van der Waals surface area (Å²) in [5, 5.41) is 12.3. The molecule has 1 unspecified atom stereocenters. The Morgan fingerprint density at radius 2 is 1.67 bits per heavy atom. The van der Waals surface area contributed by atoms with E-state index in [2.05, 4.69) is 5.32 Å². The van der Waals surface area contributed by atoms with Gasteiger partial charge in [-0.3, -0.25) is 9.59 Å². The largest absolute Gasteiger partial charge is 0.481 e. The molecule has 2 N–H and O–H groups in total. The predicted molar refractivity (Wildman–Crippen MR) is 80.4 cm³/mol. The van der Waals surface area contributed by atoms with Gasteiger partial charge >= 0.3 is 5.97 Å². The summed E-state index contributed by atoms with van der Waals surface area (Å²) in [6, 6.07) is 14.9. The topological polar surface area (TPSA) is 66.4 Å². The molecule has 21 heavy (non-hydrogen) atoms. The molecule has 0 aliphatic carbocycles. The summed E-state index contributed by atoms with van der Waals surface area (Å²) < 4.78 is 0. The van der Waals surface area contributed by atoms with Crippen molar-refractivity contribution in [3.8, 4) is 0 Å². The quantitative estimate of drug-likeness (QED) is 0.890. The van der Waals surface area contributed by atoms with Gasteiger partial charge < -0.3 is 10.4 Å². The molecule has 2 rings (SSSR count). The molecular weight excluding hydrogens is 290 g/mol. The third kappa shape index (κ3) is 4.33. The smallest absolute Gasteiger partial charge is 0.305 e. The summed E-state index contributed by atoms with van der Waals surface area (Å²) >= 11 is 5.78. The van der Waals surface area contributed by atoms with Crippen LogP contribution in [0.4, 0.5) is 0 Å². The maximum absolute atomic E-state index is 12.2. The van der Waals surface area contributed by atoms with Crippen LogP contribution >= 0.6 is 11.6 Å². The third-order valence-electron chi connectivity index (χ3n) is 2.99. The first kappa shape index (κ1) is 15.1. The lowest BCUT2D eigenvalue weighted by Crippen LogP contribution is -2.30. The van der Waals surface area contributed by atoms with E-state index in [0.29, 0.717) is 10.6 Å². The molecule has 2 aromatic rings. The zero-order valence-corrected chi connectivity index (χ0v) is 11.9. The summed E-state index contributed by atoms with van der Waals surface area (Å²) in [6.45, 7) is 0. The zero-order chi connectivity index (χ0) is 15.2. The second-order valence-corrected chi connectivity index (χ2v) is 4.98. The molecule has 0 saturated carbocycles. The van der Waals surface area contributed by atoms with Crippen molar-refractivity contribution in [2.75, 3.05) is 0 Å². The molecule has 4 nitrogen and oxygen atoms in total. The second-order valence-electron chi connectivity index (χ2n) is 4.54. The van der Waals surface area contributed by atoms with Gasteiger partial charge in [-0.05, 0) is 29.8 Å². The monoisotopic (exact) mass is 303 g/mol. The number of benzene rings is 2. The van der Waals surface area contributed by atoms with Crippen LogP contribution in [0.25, 0.3) is 0 Å². The van der Waals surface area contributed by atoms with E-state index in [9.17, 15) is 9.59 Å². The molecule has 1 amide bonds. The van der Waals surface area contributed by atoms with Gasteiger partial charge in [0.15, 0.2) is 0 Å². The molecule has 0 aromatic heterocycles. The SMILES string of the molecule is O=C(O)CC(NC(=O)c1ccc(Cl)cc1)c1ccccc1. The van der Waals surface area contributed by atoms with Crippen LogP contribution in [0.5, 0.6) is 0 Å². The summed E-state index contributed by atoms with van der Waals surface area (Å²) in [5.74, 6) is -1.30. The Hall–Kier alpha value is -2.33. The van der Waals surface area contributed by atoms with E-state index in [1.54, 1.807) is 48.5 Å². The van der Waals surface area contributed by atoms with Crippen molar-refractivity contribution in [3.05, 3.63) is 70.7 Å². The molecule has 0 radical (unpaired) electrons. The maximum atomic E-state index is 12.2. The van der Waals surface area contributed by atoms with Gasteiger partial charge in [-0.2, -0.15) is 0 Å². The summed E-state index contributed by atoms with van der Waals surface area (Å²) in [7, 11) is 0. The van der Waals surface area contributed by atoms with Crippen molar-refractivity contribution < 1.29 is 14.7 Å². The molecule has 0 aliphatic rings. The molecule has 5 heteroatoms. The van der Waals surface area contributed by atoms with Crippen molar-refractivity contribution in [1.29, 1.82) is 0 Å². The first-order valence-corrected chi connectivity index (χ1v) is 6.77. The molecule has 0 saturated heterocycles. The Balaban J connectivity index is 2.17. The molecule has 0 aliphatic heterocycles. The number of nitrogens with one attached hydrogen (secondary N) is 1. The molecule has 0 bridgehead atoms. The lowest BCUT2D eigenvalue weighted by molar-refractivity contribution is -0.137. The highest BCUT2D eigenvalue weighted by molar-refractivity contribution is 6.30. The van der Waals surface area contributed by atoms with Gasteiger partial charge in [-0.25, -0.2) is 0 Å². The maximum Gasteiger partial charge on any atom is 0.305 e.